The third kappa shape index (κ3) is 5.89. The number of furan rings is 1. The van der Waals surface area contributed by atoms with Crippen molar-refractivity contribution < 1.29 is 4.42 Å². The van der Waals surface area contributed by atoms with Crippen molar-refractivity contribution >= 4 is 97.1 Å². The molecule has 0 saturated heterocycles. The maximum atomic E-state index is 6.27. The Bertz CT molecular complexity index is 4530. The lowest BCUT2D eigenvalue weighted by Gasteiger charge is -2.14. The van der Waals surface area contributed by atoms with Gasteiger partial charge in [-0.15, -0.1) is 11.3 Å². The van der Waals surface area contributed by atoms with Crippen molar-refractivity contribution in [3.05, 3.63) is 224 Å². The minimum absolute atomic E-state index is 0.638. The topological polar surface area (TPSA) is 61.7 Å². The zero-order valence-electron chi connectivity index (χ0n) is 37.4. The Hall–Kier alpha value is -9.17. The number of hydrogen-bond donors (Lipinski definition) is 0. The highest BCUT2D eigenvalue weighted by Gasteiger charge is 2.24. The summed E-state index contributed by atoms with van der Waals surface area (Å²) >= 11 is 1.79. The molecule has 0 fully saturated rings. The summed E-state index contributed by atoms with van der Waals surface area (Å²) < 4.78 is 13.5. The Labute approximate surface area is 404 Å². The van der Waals surface area contributed by atoms with Crippen molar-refractivity contribution in [1.29, 1.82) is 0 Å². The minimum Gasteiger partial charge on any atom is -0.456 e. The highest BCUT2D eigenvalue weighted by molar-refractivity contribution is 7.26. The molecule has 15 aromatic rings. The molecule has 0 saturated carbocycles. The molecule has 0 aliphatic heterocycles. The summed E-state index contributed by atoms with van der Waals surface area (Å²) in [6.07, 6.45) is 0. The fourth-order valence-electron chi connectivity index (χ4n) is 10.8. The van der Waals surface area contributed by atoms with Crippen LogP contribution in [-0.2, 0) is 0 Å². The van der Waals surface area contributed by atoms with Crippen LogP contribution in [0.2, 0.25) is 0 Å². The molecule has 326 valence electrons. The quantitative estimate of drug-likeness (QED) is 0.167. The number of thiophene rings is 1. The minimum atomic E-state index is 0.638. The molecule has 15 rings (SSSR count). The van der Waals surface area contributed by atoms with Crippen molar-refractivity contribution in [2.24, 2.45) is 0 Å². The predicted octanol–water partition coefficient (Wildman–Crippen LogP) is 17.0. The molecule has 6 nitrogen and oxygen atoms in total. The second kappa shape index (κ2) is 15.2. The van der Waals surface area contributed by atoms with Crippen LogP contribution in [-0.4, -0.2) is 24.1 Å². The third-order valence-electron chi connectivity index (χ3n) is 14.0. The first-order valence-electron chi connectivity index (χ1n) is 23.5. The first-order chi connectivity index (χ1) is 34.7. The summed E-state index contributed by atoms with van der Waals surface area (Å²) in [5, 5.41) is 9.37. The van der Waals surface area contributed by atoms with E-state index in [1.807, 2.05) is 48.5 Å². The van der Waals surface area contributed by atoms with E-state index < -0.39 is 0 Å². The van der Waals surface area contributed by atoms with Gasteiger partial charge in [0, 0.05) is 74.9 Å². The Morgan fingerprint density at radius 3 is 1.67 bits per heavy atom. The number of hydrogen-bond acceptors (Lipinski definition) is 5. The predicted molar refractivity (Wildman–Crippen MR) is 290 cm³/mol. The van der Waals surface area contributed by atoms with E-state index in [9.17, 15) is 0 Å². The van der Waals surface area contributed by atoms with Gasteiger partial charge in [0.15, 0.2) is 17.5 Å². The van der Waals surface area contributed by atoms with Gasteiger partial charge in [0.1, 0.15) is 11.2 Å². The van der Waals surface area contributed by atoms with Crippen molar-refractivity contribution in [3.63, 3.8) is 0 Å². The molecule has 0 spiro atoms. The van der Waals surface area contributed by atoms with E-state index in [2.05, 4.69) is 185 Å². The molecule has 0 atom stereocenters. The summed E-state index contributed by atoms with van der Waals surface area (Å²) in [7, 11) is 0. The molecule has 0 unspecified atom stereocenters. The molecule has 0 N–H and O–H groups in total. The van der Waals surface area contributed by atoms with Crippen LogP contribution >= 0.6 is 11.3 Å². The van der Waals surface area contributed by atoms with E-state index in [-0.39, 0.29) is 0 Å². The zero-order chi connectivity index (χ0) is 45.9. The van der Waals surface area contributed by atoms with E-state index >= 15 is 0 Å². The van der Waals surface area contributed by atoms with E-state index in [0.717, 1.165) is 87.8 Å². The van der Waals surface area contributed by atoms with Crippen LogP contribution in [0.4, 0.5) is 0 Å². The van der Waals surface area contributed by atoms with Gasteiger partial charge in [0.05, 0.1) is 27.8 Å². The van der Waals surface area contributed by atoms with Gasteiger partial charge in [-0.25, -0.2) is 15.0 Å². The van der Waals surface area contributed by atoms with E-state index in [0.29, 0.717) is 17.5 Å². The molecule has 10 aromatic carbocycles. The number of aromatic nitrogens is 5. The standard InChI is InChI=1S/C63H37N5OS/c1-4-16-38(17-5-1)61-64-62(39-18-6-2-7-19-39)66-63(65-61)46-30-32-53(59-45-24-12-15-27-58(45)70-60(46)59)68-52-31-28-40(41-29-33-57-50(35-41)44-23-11-14-26-56(44)69-57)34-47(52)49-36-48-43-22-10-13-25-51(43)67(54(48)37-55(49)68)42-20-8-3-9-21-42/h1-37H. The average molecular weight is 912 g/mol. The van der Waals surface area contributed by atoms with Gasteiger partial charge in [-0.1, -0.05) is 146 Å². The fraction of sp³-hybridized carbons (Fsp3) is 0. The maximum absolute atomic E-state index is 6.27. The molecule has 0 aliphatic carbocycles. The van der Waals surface area contributed by atoms with Crippen LogP contribution in [0.3, 0.4) is 0 Å². The van der Waals surface area contributed by atoms with Gasteiger partial charge in [-0.3, -0.25) is 0 Å². The van der Waals surface area contributed by atoms with Crippen molar-refractivity contribution in [2.75, 3.05) is 0 Å². The number of benzene rings is 10. The molecule has 7 heteroatoms. The first kappa shape index (κ1) is 38.9. The second-order valence-electron chi connectivity index (χ2n) is 17.9. The number of para-hydroxylation sites is 3. The van der Waals surface area contributed by atoms with Gasteiger partial charge in [-0.05, 0) is 90.0 Å². The first-order valence-corrected chi connectivity index (χ1v) is 24.3. The van der Waals surface area contributed by atoms with Gasteiger partial charge in [-0.2, -0.15) is 0 Å². The molecule has 0 bridgehead atoms. The summed E-state index contributed by atoms with van der Waals surface area (Å²) in [5.74, 6) is 1.91. The SMILES string of the molecule is c1ccc(-c2nc(-c3ccccc3)nc(-c3ccc(-n4c5ccc(-c6ccc7oc8ccccc8c7c6)cc5c5cc6c7ccccc7n(-c7ccccc7)c6cc54)c4c3sc3ccccc34)n2)cc1. The van der Waals surface area contributed by atoms with Crippen LogP contribution in [0.1, 0.15) is 0 Å². The molecule has 5 heterocycles. The average Bonchev–Trinajstić information content (AvgIpc) is 4.18. The summed E-state index contributed by atoms with van der Waals surface area (Å²) in [5.41, 5.74) is 13.7. The van der Waals surface area contributed by atoms with Gasteiger partial charge in [0.2, 0.25) is 0 Å². The third-order valence-corrected chi connectivity index (χ3v) is 15.2. The molecular weight excluding hydrogens is 875 g/mol. The smallest absolute Gasteiger partial charge is 0.165 e. The molecule has 5 aromatic heterocycles. The summed E-state index contributed by atoms with van der Waals surface area (Å²) in [6, 6.07) is 79.9. The lowest BCUT2D eigenvalue weighted by molar-refractivity contribution is 0.669. The zero-order valence-corrected chi connectivity index (χ0v) is 38.2. The highest BCUT2D eigenvalue weighted by atomic mass is 32.1. The summed E-state index contributed by atoms with van der Waals surface area (Å²) in [6.45, 7) is 0. The Morgan fingerprint density at radius 2 is 0.900 bits per heavy atom. The second-order valence-corrected chi connectivity index (χ2v) is 19.0. The fourth-order valence-corrected chi connectivity index (χ4v) is 12.0. The monoisotopic (exact) mass is 911 g/mol. The lowest BCUT2D eigenvalue weighted by Crippen LogP contribution is -2.01. The van der Waals surface area contributed by atoms with E-state index in [1.165, 1.54) is 37.1 Å². The normalized spacial score (nSPS) is 12.0. The maximum Gasteiger partial charge on any atom is 0.165 e. The van der Waals surface area contributed by atoms with Crippen LogP contribution < -0.4 is 0 Å². The van der Waals surface area contributed by atoms with Crippen molar-refractivity contribution in [1.82, 2.24) is 24.1 Å². The van der Waals surface area contributed by atoms with Crippen molar-refractivity contribution in [2.45, 2.75) is 0 Å². The number of rotatable bonds is 6. The van der Waals surface area contributed by atoms with Gasteiger partial charge < -0.3 is 13.6 Å². The van der Waals surface area contributed by atoms with Gasteiger partial charge >= 0.3 is 0 Å². The molecule has 0 radical (unpaired) electrons. The largest absolute Gasteiger partial charge is 0.456 e. The van der Waals surface area contributed by atoms with Crippen LogP contribution in [0.25, 0.3) is 142 Å². The van der Waals surface area contributed by atoms with Gasteiger partial charge in [0.25, 0.3) is 0 Å². The summed E-state index contributed by atoms with van der Waals surface area (Å²) in [4.78, 5) is 15.5. The van der Waals surface area contributed by atoms with Crippen LogP contribution in [0, 0.1) is 0 Å². The highest BCUT2D eigenvalue weighted by Crippen LogP contribution is 2.47. The lowest BCUT2D eigenvalue weighted by atomic mass is 10.00. The van der Waals surface area contributed by atoms with E-state index in [1.54, 1.807) is 11.3 Å². The van der Waals surface area contributed by atoms with E-state index in [4.69, 9.17) is 19.4 Å². The number of fused-ring (bicyclic) bond motifs is 12. The van der Waals surface area contributed by atoms with Crippen molar-refractivity contribution in [3.8, 4) is 56.7 Å². The Balaban J connectivity index is 1.03. The molecule has 0 amide bonds. The molecular formula is C63H37N5OS. The molecule has 70 heavy (non-hydrogen) atoms. The Morgan fingerprint density at radius 1 is 0.343 bits per heavy atom. The Kier molecular flexibility index (Phi) is 8.43. The van der Waals surface area contributed by atoms with Crippen LogP contribution in [0.15, 0.2) is 229 Å². The molecule has 0 aliphatic rings. The number of nitrogens with zero attached hydrogens (tertiary/aromatic N) is 5. The van der Waals surface area contributed by atoms with Crippen LogP contribution in [0.5, 0.6) is 0 Å².